The number of pyridine rings is 1. The molecule has 11 nitrogen and oxygen atoms in total. The van der Waals surface area contributed by atoms with Gasteiger partial charge in [0.2, 0.25) is 11.8 Å². The van der Waals surface area contributed by atoms with E-state index < -0.39 is 58.7 Å². The molecule has 0 aliphatic carbocycles. The maximum Gasteiger partial charge on any atom is 0.339 e. The Morgan fingerprint density at radius 3 is 2.47 bits per heavy atom. The highest BCUT2D eigenvalue weighted by Crippen LogP contribution is 2.13. The average Bonchev–Trinajstić information content (AvgIpc) is 2.69. The summed E-state index contributed by atoms with van der Waals surface area (Å²) in [6.07, 6.45) is 0.905. The lowest BCUT2D eigenvalue weighted by Gasteiger charge is -2.09. The summed E-state index contributed by atoms with van der Waals surface area (Å²) in [7, 11) is 1.03. The summed E-state index contributed by atoms with van der Waals surface area (Å²) in [4.78, 5) is 57.5. The van der Waals surface area contributed by atoms with Gasteiger partial charge in [-0.05, 0) is 12.1 Å². The van der Waals surface area contributed by atoms with E-state index in [9.17, 15) is 38.1 Å². The Kier molecular flexibility index (Phi) is 6.90. The first-order chi connectivity index (χ1) is 14.1. The van der Waals surface area contributed by atoms with Crippen LogP contribution in [0.1, 0.15) is 10.4 Å². The number of anilines is 1. The highest BCUT2D eigenvalue weighted by Gasteiger charge is 2.21. The van der Waals surface area contributed by atoms with Crippen LogP contribution in [0, 0.1) is 21.7 Å². The molecule has 0 saturated carbocycles. The van der Waals surface area contributed by atoms with Crippen LogP contribution in [0.25, 0.3) is 0 Å². The summed E-state index contributed by atoms with van der Waals surface area (Å²) in [5.74, 6) is -4.90. The number of esters is 1. The third kappa shape index (κ3) is 5.43. The number of aromatic nitrogens is 1. The summed E-state index contributed by atoms with van der Waals surface area (Å²) in [6, 6.07) is 3.37. The second-order valence-electron chi connectivity index (χ2n) is 5.75. The van der Waals surface area contributed by atoms with Crippen molar-refractivity contribution in [3.63, 3.8) is 0 Å². The van der Waals surface area contributed by atoms with Crippen LogP contribution in [0.3, 0.4) is 0 Å². The Morgan fingerprint density at radius 2 is 1.87 bits per heavy atom. The minimum atomic E-state index is -1.18. The molecule has 2 N–H and O–H groups in total. The molecule has 2 aromatic rings. The molecule has 0 saturated heterocycles. The molecule has 158 valence electrons. The van der Waals surface area contributed by atoms with Crippen LogP contribution in [0.15, 0.2) is 35.3 Å². The zero-order chi connectivity index (χ0) is 22.4. The first-order valence-electron chi connectivity index (χ1n) is 8.11. The van der Waals surface area contributed by atoms with Crippen molar-refractivity contribution in [2.75, 3.05) is 19.0 Å². The van der Waals surface area contributed by atoms with Gasteiger partial charge >= 0.3 is 17.2 Å². The Balaban J connectivity index is 2.06. The second kappa shape index (κ2) is 9.36. The highest BCUT2D eigenvalue weighted by atomic mass is 19.2. The van der Waals surface area contributed by atoms with Crippen molar-refractivity contribution in [3.05, 3.63) is 68.1 Å². The number of halogens is 2. The van der Waals surface area contributed by atoms with Crippen LogP contribution in [0.5, 0.6) is 0 Å². The third-order valence-corrected chi connectivity index (χ3v) is 3.65. The van der Waals surface area contributed by atoms with E-state index in [4.69, 9.17) is 0 Å². The minimum Gasteiger partial charge on any atom is -0.465 e. The molecule has 13 heteroatoms. The van der Waals surface area contributed by atoms with Crippen molar-refractivity contribution in [2.24, 2.45) is 0 Å². The number of nitrogens with one attached hydrogen (secondary N) is 2. The normalized spacial score (nSPS) is 10.2. The van der Waals surface area contributed by atoms with Gasteiger partial charge in [-0.3, -0.25) is 29.1 Å². The number of benzene rings is 1. The summed E-state index contributed by atoms with van der Waals surface area (Å²) < 4.78 is 31.0. The molecule has 30 heavy (non-hydrogen) atoms. The molecule has 0 atom stereocenters. The van der Waals surface area contributed by atoms with Gasteiger partial charge in [0.15, 0.2) is 11.6 Å². The zero-order valence-electron chi connectivity index (χ0n) is 15.3. The number of methoxy groups -OCH3 is 1. The summed E-state index contributed by atoms with van der Waals surface area (Å²) in [5, 5.41) is 15.4. The fraction of sp³-hybridized carbons (Fsp3) is 0.176. The van der Waals surface area contributed by atoms with E-state index >= 15 is 0 Å². The quantitative estimate of drug-likeness (QED) is 0.375. The van der Waals surface area contributed by atoms with Crippen molar-refractivity contribution in [1.82, 2.24) is 9.88 Å². The van der Waals surface area contributed by atoms with E-state index in [2.05, 4.69) is 15.4 Å². The van der Waals surface area contributed by atoms with Gasteiger partial charge in [0.25, 0.3) is 0 Å². The Morgan fingerprint density at radius 1 is 1.17 bits per heavy atom. The van der Waals surface area contributed by atoms with Crippen LogP contribution in [-0.4, -0.2) is 40.9 Å². The predicted octanol–water partition coefficient (Wildman–Crippen LogP) is 0.576. The van der Waals surface area contributed by atoms with Gasteiger partial charge in [-0.25, -0.2) is 13.6 Å². The number of hydrogen-bond acceptors (Lipinski definition) is 7. The smallest absolute Gasteiger partial charge is 0.339 e. The van der Waals surface area contributed by atoms with Gasteiger partial charge in [0.1, 0.15) is 6.54 Å². The Hall–Kier alpha value is -4.16. The monoisotopic (exact) mass is 424 g/mol. The van der Waals surface area contributed by atoms with E-state index in [0.29, 0.717) is 4.57 Å². The van der Waals surface area contributed by atoms with Gasteiger partial charge in [0, 0.05) is 24.0 Å². The fourth-order valence-corrected chi connectivity index (χ4v) is 2.27. The molecule has 1 heterocycles. The van der Waals surface area contributed by atoms with E-state index in [-0.39, 0.29) is 11.3 Å². The van der Waals surface area contributed by atoms with Crippen LogP contribution in [-0.2, 0) is 20.9 Å². The van der Waals surface area contributed by atoms with Crippen molar-refractivity contribution >= 4 is 29.2 Å². The molecular formula is C17H14F2N4O7. The Labute approximate surface area is 166 Å². The SMILES string of the molecule is COC(=O)c1cc([N+](=O)[O-])c(=O)n(CC(=O)NCC(=O)Nc2ccc(F)c(F)c2)c1. The lowest BCUT2D eigenvalue weighted by molar-refractivity contribution is -0.386. The number of carbonyl (C=O) groups is 3. The van der Waals surface area contributed by atoms with Crippen molar-refractivity contribution < 1.29 is 32.8 Å². The molecule has 0 unspecified atom stereocenters. The average molecular weight is 424 g/mol. The largest absolute Gasteiger partial charge is 0.465 e. The first kappa shape index (κ1) is 22.1. The molecule has 0 aliphatic heterocycles. The number of amides is 2. The summed E-state index contributed by atoms with van der Waals surface area (Å²) in [5.41, 5.74) is -2.46. The van der Waals surface area contributed by atoms with Gasteiger partial charge in [0.05, 0.1) is 24.1 Å². The lowest BCUT2D eigenvalue weighted by atomic mass is 10.2. The van der Waals surface area contributed by atoms with E-state index in [0.717, 1.165) is 37.6 Å². The van der Waals surface area contributed by atoms with Gasteiger partial charge in [-0.1, -0.05) is 0 Å². The standard InChI is InChI=1S/C17H14F2N4O7/c1-30-17(27)9-4-13(23(28)29)16(26)22(7-9)8-15(25)20-6-14(24)21-10-2-3-11(18)12(19)5-10/h2-5,7H,6,8H2,1H3,(H,20,25)(H,21,24). The first-order valence-corrected chi connectivity index (χ1v) is 8.11. The molecular weight excluding hydrogens is 410 g/mol. The number of hydrogen-bond donors (Lipinski definition) is 2. The van der Waals surface area contributed by atoms with Crippen LogP contribution < -0.4 is 16.2 Å². The topological polar surface area (TPSA) is 150 Å². The lowest BCUT2D eigenvalue weighted by Crippen LogP contribution is -2.37. The fourth-order valence-electron chi connectivity index (χ4n) is 2.27. The maximum atomic E-state index is 13.1. The van der Waals surface area contributed by atoms with Crippen LogP contribution in [0.4, 0.5) is 20.2 Å². The van der Waals surface area contributed by atoms with Crippen LogP contribution >= 0.6 is 0 Å². The van der Waals surface area contributed by atoms with Crippen LogP contribution in [0.2, 0.25) is 0 Å². The summed E-state index contributed by atoms with van der Waals surface area (Å²) >= 11 is 0. The van der Waals surface area contributed by atoms with Gasteiger partial charge in [-0.15, -0.1) is 0 Å². The van der Waals surface area contributed by atoms with Gasteiger partial charge in [-0.2, -0.15) is 0 Å². The summed E-state index contributed by atoms with van der Waals surface area (Å²) in [6.45, 7) is -1.33. The molecule has 2 rings (SSSR count). The number of nitro groups is 1. The number of rotatable bonds is 7. The number of nitrogens with zero attached hydrogens (tertiary/aromatic N) is 2. The van der Waals surface area contributed by atoms with Gasteiger partial charge < -0.3 is 15.4 Å². The molecule has 0 spiro atoms. The highest BCUT2D eigenvalue weighted by molar-refractivity contribution is 5.94. The van der Waals surface area contributed by atoms with E-state index in [1.165, 1.54) is 0 Å². The van der Waals surface area contributed by atoms with Crippen molar-refractivity contribution in [3.8, 4) is 0 Å². The third-order valence-electron chi connectivity index (χ3n) is 3.65. The van der Waals surface area contributed by atoms with Crippen molar-refractivity contribution in [2.45, 2.75) is 6.54 Å². The zero-order valence-corrected chi connectivity index (χ0v) is 15.3. The molecule has 1 aromatic heterocycles. The number of carbonyl (C=O) groups excluding carboxylic acids is 3. The minimum absolute atomic E-state index is 0.0502. The number of ether oxygens (including phenoxy) is 1. The predicted molar refractivity (Wildman–Crippen MR) is 96.7 cm³/mol. The molecule has 1 aromatic carbocycles. The molecule has 0 aliphatic rings. The molecule has 0 radical (unpaired) electrons. The van der Waals surface area contributed by atoms with Crippen molar-refractivity contribution in [1.29, 1.82) is 0 Å². The molecule has 2 amide bonds. The maximum absolute atomic E-state index is 13.1. The Bertz CT molecular complexity index is 1080. The molecule has 0 fully saturated rings. The van der Waals surface area contributed by atoms with E-state index in [1.807, 2.05) is 0 Å². The molecule has 0 bridgehead atoms. The van der Waals surface area contributed by atoms with E-state index in [1.54, 1.807) is 0 Å². The second-order valence-corrected chi connectivity index (χ2v) is 5.75.